The third kappa shape index (κ3) is 6.38. The Morgan fingerprint density at radius 1 is 0.955 bits per heavy atom. The van der Waals surface area contributed by atoms with Crippen LogP contribution >= 0.6 is 0 Å². The van der Waals surface area contributed by atoms with Crippen LogP contribution in [0.25, 0.3) is 0 Å². The molecule has 0 unspecified atom stereocenters. The molecular formula is C18H34O2SSn. The van der Waals surface area contributed by atoms with Crippen molar-refractivity contribution in [2.75, 3.05) is 11.5 Å². The zero-order valence-corrected chi connectivity index (χ0v) is 18.5. The van der Waals surface area contributed by atoms with Gasteiger partial charge in [0.1, 0.15) is 0 Å². The number of unbranched alkanes of at least 4 members (excludes halogenated alkanes) is 3. The Labute approximate surface area is 142 Å². The van der Waals surface area contributed by atoms with Gasteiger partial charge in [0, 0.05) is 0 Å². The summed E-state index contributed by atoms with van der Waals surface area (Å²) in [5.74, 6) is 0.449. The SMILES string of the molecule is C=C1CS(=O)(=O)C/C1=[CH]/[Sn]([CH2]CCC)([CH2]CCC)[CH2]CCC. The topological polar surface area (TPSA) is 34.1 Å². The van der Waals surface area contributed by atoms with Crippen molar-refractivity contribution in [1.29, 1.82) is 0 Å². The molecule has 1 heterocycles. The molecule has 1 aliphatic heterocycles. The molecule has 0 saturated carbocycles. The Hall–Kier alpha value is 0.229. The normalized spacial score (nSPS) is 20.0. The second kappa shape index (κ2) is 9.51. The van der Waals surface area contributed by atoms with Gasteiger partial charge in [0.25, 0.3) is 0 Å². The summed E-state index contributed by atoms with van der Waals surface area (Å²) in [6.07, 6.45) is 7.68. The Morgan fingerprint density at radius 3 is 1.73 bits per heavy atom. The van der Waals surface area contributed by atoms with Gasteiger partial charge in [-0.3, -0.25) is 0 Å². The molecule has 0 N–H and O–H groups in total. The van der Waals surface area contributed by atoms with Crippen LogP contribution in [-0.2, 0) is 9.84 Å². The van der Waals surface area contributed by atoms with E-state index in [0.717, 1.165) is 11.1 Å². The quantitative estimate of drug-likeness (QED) is 0.439. The molecule has 0 radical (unpaired) electrons. The predicted molar refractivity (Wildman–Crippen MR) is 101 cm³/mol. The van der Waals surface area contributed by atoms with Gasteiger partial charge in [-0.2, -0.15) is 0 Å². The molecular weight excluding hydrogens is 399 g/mol. The van der Waals surface area contributed by atoms with E-state index >= 15 is 0 Å². The fourth-order valence-electron chi connectivity index (χ4n) is 3.44. The van der Waals surface area contributed by atoms with Crippen molar-refractivity contribution in [2.45, 2.75) is 72.6 Å². The standard InChI is InChI=1S/C6H7O2S.3C4H9.Sn/c1-5-3-9(7,8)4-6(5)2;3*1-3-4-2;/h1H,2-4H2;3*1,3-4H2,2H3;. The van der Waals surface area contributed by atoms with Crippen molar-refractivity contribution < 1.29 is 8.42 Å². The Kier molecular flexibility index (Phi) is 8.76. The molecule has 0 bridgehead atoms. The van der Waals surface area contributed by atoms with E-state index in [9.17, 15) is 8.42 Å². The van der Waals surface area contributed by atoms with Crippen molar-refractivity contribution in [1.82, 2.24) is 0 Å². The van der Waals surface area contributed by atoms with Crippen LogP contribution in [0, 0.1) is 0 Å². The maximum absolute atomic E-state index is 11.9. The molecule has 0 spiro atoms. The zero-order chi connectivity index (χ0) is 16.6. The molecule has 0 aliphatic carbocycles. The minimum atomic E-state index is -2.91. The van der Waals surface area contributed by atoms with E-state index in [-0.39, 0.29) is 11.5 Å². The summed E-state index contributed by atoms with van der Waals surface area (Å²) in [5, 5.41) is 0. The summed E-state index contributed by atoms with van der Waals surface area (Å²) in [7, 11) is -2.91. The molecule has 22 heavy (non-hydrogen) atoms. The third-order valence-electron chi connectivity index (χ3n) is 4.79. The first kappa shape index (κ1) is 20.3. The average molecular weight is 433 g/mol. The van der Waals surface area contributed by atoms with Crippen LogP contribution in [0.4, 0.5) is 0 Å². The second-order valence-corrected chi connectivity index (χ2v) is 21.9. The van der Waals surface area contributed by atoms with Gasteiger partial charge in [0.05, 0.1) is 0 Å². The fraction of sp³-hybridized carbons (Fsp3) is 0.778. The molecule has 0 aromatic rings. The molecule has 0 aromatic carbocycles. The van der Waals surface area contributed by atoms with E-state index in [1.54, 1.807) is 0 Å². The first-order valence-corrected chi connectivity index (χ1v) is 18.5. The molecule has 0 aromatic heterocycles. The third-order valence-corrected chi connectivity index (χ3v) is 20.6. The summed E-state index contributed by atoms with van der Waals surface area (Å²) >= 11 is -2.38. The van der Waals surface area contributed by atoms with Gasteiger partial charge < -0.3 is 0 Å². The summed E-state index contributed by atoms with van der Waals surface area (Å²) < 4.78 is 30.5. The summed E-state index contributed by atoms with van der Waals surface area (Å²) in [6.45, 7) is 10.8. The van der Waals surface area contributed by atoms with Crippen LogP contribution in [0.1, 0.15) is 59.3 Å². The first-order chi connectivity index (χ1) is 10.4. The summed E-state index contributed by atoms with van der Waals surface area (Å²) in [6, 6.07) is 0. The van der Waals surface area contributed by atoms with E-state index < -0.39 is 28.2 Å². The van der Waals surface area contributed by atoms with Gasteiger partial charge in [-0.25, -0.2) is 0 Å². The van der Waals surface area contributed by atoms with Gasteiger partial charge in [0.15, 0.2) is 0 Å². The molecule has 2 nitrogen and oxygen atoms in total. The summed E-state index contributed by atoms with van der Waals surface area (Å²) in [5.41, 5.74) is 1.98. The van der Waals surface area contributed by atoms with Crippen molar-refractivity contribution in [2.24, 2.45) is 0 Å². The molecule has 1 rings (SSSR count). The predicted octanol–water partition coefficient (Wildman–Crippen LogP) is 5.29. The Bertz CT molecular complexity index is 469. The molecule has 4 heteroatoms. The van der Waals surface area contributed by atoms with E-state index in [1.807, 2.05) is 0 Å². The molecule has 0 atom stereocenters. The summed E-state index contributed by atoms with van der Waals surface area (Å²) in [4.78, 5) is 0. The van der Waals surface area contributed by atoms with Gasteiger partial charge >= 0.3 is 143 Å². The fourth-order valence-corrected chi connectivity index (χ4v) is 20.9. The van der Waals surface area contributed by atoms with Gasteiger partial charge in [0.2, 0.25) is 0 Å². The second-order valence-electron chi connectivity index (χ2n) is 6.98. The van der Waals surface area contributed by atoms with Crippen LogP contribution < -0.4 is 0 Å². The molecule has 0 amide bonds. The number of rotatable bonds is 10. The minimum absolute atomic E-state index is 0.191. The molecule has 1 saturated heterocycles. The van der Waals surface area contributed by atoms with Gasteiger partial charge in [-0.1, -0.05) is 0 Å². The average Bonchev–Trinajstić information content (AvgIpc) is 2.72. The zero-order valence-electron chi connectivity index (χ0n) is 14.8. The van der Waals surface area contributed by atoms with Crippen molar-refractivity contribution >= 4 is 28.2 Å². The Morgan fingerprint density at radius 2 is 1.41 bits per heavy atom. The van der Waals surface area contributed by atoms with E-state index in [1.165, 1.54) is 51.8 Å². The van der Waals surface area contributed by atoms with Crippen LogP contribution in [0.2, 0.25) is 13.3 Å². The van der Waals surface area contributed by atoms with Crippen LogP contribution in [-0.4, -0.2) is 38.3 Å². The van der Waals surface area contributed by atoms with Crippen LogP contribution in [0.15, 0.2) is 21.8 Å². The number of hydrogen-bond acceptors (Lipinski definition) is 2. The first-order valence-electron chi connectivity index (χ1n) is 8.98. The van der Waals surface area contributed by atoms with E-state index in [4.69, 9.17) is 0 Å². The van der Waals surface area contributed by atoms with E-state index in [2.05, 4.69) is 31.4 Å². The van der Waals surface area contributed by atoms with Crippen molar-refractivity contribution in [3.8, 4) is 0 Å². The Balaban J connectivity index is 3.06. The molecule has 1 aliphatic rings. The monoisotopic (exact) mass is 434 g/mol. The molecule has 1 fully saturated rings. The van der Waals surface area contributed by atoms with Crippen LogP contribution in [0.3, 0.4) is 0 Å². The van der Waals surface area contributed by atoms with Gasteiger partial charge in [-0.15, -0.1) is 0 Å². The van der Waals surface area contributed by atoms with Crippen molar-refractivity contribution in [3.63, 3.8) is 0 Å². The number of sulfone groups is 1. The molecule has 128 valence electrons. The van der Waals surface area contributed by atoms with E-state index in [0.29, 0.717) is 0 Å². The van der Waals surface area contributed by atoms with Crippen molar-refractivity contribution in [3.05, 3.63) is 21.8 Å². The van der Waals surface area contributed by atoms with Crippen LogP contribution in [0.5, 0.6) is 0 Å². The maximum atomic E-state index is 11.9. The van der Waals surface area contributed by atoms with Gasteiger partial charge in [-0.05, 0) is 0 Å². The number of hydrogen-bond donors (Lipinski definition) is 0.